The highest BCUT2D eigenvalue weighted by Gasteiger charge is 2.20. The van der Waals surface area contributed by atoms with E-state index in [1.807, 2.05) is 13.8 Å². The average Bonchev–Trinajstić information content (AvgIpc) is 2.66. The van der Waals surface area contributed by atoms with Crippen LogP contribution in [0.25, 0.3) is 0 Å². The van der Waals surface area contributed by atoms with Crippen LogP contribution in [0.4, 0.5) is 0 Å². The van der Waals surface area contributed by atoms with Crippen molar-refractivity contribution in [1.29, 1.82) is 0 Å². The predicted octanol–water partition coefficient (Wildman–Crippen LogP) is 2.74. The molecule has 3 heteroatoms. The zero-order valence-electron chi connectivity index (χ0n) is 9.71. The standard InChI is InChI=1S/C12H21NOS/c1-9(2)8-15-10(3)12(14)13-11-6-4-5-7-11/h10-11H,1,4-8H2,2-3H3,(H,13,14)/t10-/m1/s1. The molecule has 1 amide bonds. The molecule has 0 saturated heterocycles. The van der Waals surface area contributed by atoms with Crippen LogP contribution in [0.2, 0.25) is 0 Å². The summed E-state index contributed by atoms with van der Waals surface area (Å²) in [4.78, 5) is 11.7. The Morgan fingerprint density at radius 3 is 2.67 bits per heavy atom. The van der Waals surface area contributed by atoms with E-state index in [4.69, 9.17) is 0 Å². The number of thioether (sulfide) groups is 1. The van der Waals surface area contributed by atoms with Gasteiger partial charge in [0.1, 0.15) is 0 Å². The van der Waals surface area contributed by atoms with Gasteiger partial charge in [-0.2, -0.15) is 0 Å². The van der Waals surface area contributed by atoms with Crippen LogP contribution < -0.4 is 5.32 Å². The van der Waals surface area contributed by atoms with Gasteiger partial charge in [0.25, 0.3) is 0 Å². The molecule has 1 atom stereocenters. The molecule has 0 unspecified atom stereocenters. The summed E-state index contributed by atoms with van der Waals surface area (Å²) in [6, 6.07) is 0.436. The third kappa shape index (κ3) is 4.74. The van der Waals surface area contributed by atoms with Gasteiger partial charge < -0.3 is 5.32 Å². The fourth-order valence-corrected chi connectivity index (χ4v) is 2.49. The van der Waals surface area contributed by atoms with E-state index in [2.05, 4.69) is 11.9 Å². The number of carbonyl (C=O) groups is 1. The van der Waals surface area contributed by atoms with Crippen molar-refractivity contribution in [3.63, 3.8) is 0 Å². The minimum atomic E-state index is 0.0438. The Hall–Kier alpha value is -0.440. The van der Waals surface area contributed by atoms with E-state index in [0.717, 1.165) is 24.2 Å². The molecule has 0 bridgehead atoms. The van der Waals surface area contributed by atoms with Crippen LogP contribution in [-0.2, 0) is 4.79 Å². The van der Waals surface area contributed by atoms with Gasteiger partial charge in [0.2, 0.25) is 5.91 Å². The Bertz CT molecular complexity index is 234. The van der Waals surface area contributed by atoms with Crippen LogP contribution in [0.1, 0.15) is 39.5 Å². The monoisotopic (exact) mass is 227 g/mol. The van der Waals surface area contributed by atoms with Crippen molar-refractivity contribution < 1.29 is 4.79 Å². The lowest BCUT2D eigenvalue weighted by Gasteiger charge is -2.16. The lowest BCUT2D eigenvalue weighted by atomic mass is 10.2. The summed E-state index contributed by atoms with van der Waals surface area (Å²) in [5.74, 6) is 1.06. The molecule has 1 saturated carbocycles. The number of hydrogen-bond donors (Lipinski definition) is 1. The van der Waals surface area contributed by atoms with Crippen LogP contribution in [0.15, 0.2) is 12.2 Å². The number of rotatable bonds is 5. The predicted molar refractivity (Wildman–Crippen MR) is 67.1 cm³/mol. The molecule has 0 aromatic carbocycles. The van der Waals surface area contributed by atoms with E-state index in [0.29, 0.717) is 6.04 Å². The second-order valence-corrected chi connectivity index (χ2v) is 5.73. The summed E-state index contributed by atoms with van der Waals surface area (Å²) < 4.78 is 0. The number of carbonyl (C=O) groups excluding carboxylic acids is 1. The summed E-state index contributed by atoms with van der Waals surface area (Å²) in [5.41, 5.74) is 1.13. The molecule has 0 spiro atoms. The van der Waals surface area contributed by atoms with Gasteiger partial charge in [-0.1, -0.05) is 25.0 Å². The maximum absolute atomic E-state index is 11.7. The zero-order valence-corrected chi connectivity index (χ0v) is 10.5. The molecule has 1 N–H and O–H groups in total. The van der Waals surface area contributed by atoms with Crippen molar-refractivity contribution in [2.75, 3.05) is 5.75 Å². The SMILES string of the molecule is C=C(C)CS[C@H](C)C(=O)NC1CCCC1. The minimum absolute atomic E-state index is 0.0438. The maximum Gasteiger partial charge on any atom is 0.233 e. The van der Waals surface area contributed by atoms with Crippen LogP contribution in [-0.4, -0.2) is 23.0 Å². The fraction of sp³-hybridized carbons (Fsp3) is 0.750. The minimum Gasteiger partial charge on any atom is -0.352 e. The smallest absolute Gasteiger partial charge is 0.233 e. The summed E-state index contributed by atoms with van der Waals surface area (Å²) in [7, 11) is 0. The molecule has 0 aromatic rings. The van der Waals surface area contributed by atoms with E-state index >= 15 is 0 Å². The van der Waals surface area contributed by atoms with Gasteiger partial charge in [-0.25, -0.2) is 0 Å². The van der Waals surface area contributed by atoms with Crippen molar-refractivity contribution >= 4 is 17.7 Å². The Balaban J connectivity index is 2.22. The topological polar surface area (TPSA) is 29.1 Å². The zero-order chi connectivity index (χ0) is 11.3. The quantitative estimate of drug-likeness (QED) is 0.732. The largest absolute Gasteiger partial charge is 0.352 e. The molecular weight excluding hydrogens is 206 g/mol. The molecule has 1 fully saturated rings. The van der Waals surface area contributed by atoms with Crippen LogP contribution in [0, 0.1) is 0 Å². The molecule has 0 aromatic heterocycles. The Morgan fingerprint density at radius 1 is 1.53 bits per heavy atom. The van der Waals surface area contributed by atoms with Crippen LogP contribution in [0.3, 0.4) is 0 Å². The van der Waals surface area contributed by atoms with E-state index in [-0.39, 0.29) is 11.2 Å². The first kappa shape index (κ1) is 12.6. The molecular formula is C12H21NOS. The van der Waals surface area contributed by atoms with E-state index in [1.165, 1.54) is 12.8 Å². The summed E-state index contributed by atoms with van der Waals surface area (Å²) in [6.45, 7) is 7.80. The third-order valence-electron chi connectivity index (χ3n) is 2.65. The highest BCUT2D eigenvalue weighted by molar-refractivity contribution is 8.00. The molecule has 1 rings (SSSR count). The lowest BCUT2D eigenvalue weighted by molar-refractivity contribution is -0.120. The molecule has 1 aliphatic rings. The van der Waals surface area contributed by atoms with Crippen molar-refractivity contribution in [3.05, 3.63) is 12.2 Å². The number of amides is 1. The van der Waals surface area contributed by atoms with Gasteiger partial charge in [0.15, 0.2) is 0 Å². The van der Waals surface area contributed by atoms with E-state index in [1.54, 1.807) is 11.8 Å². The van der Waals surface area contributed by atoms with Crippen molar-refractivity contribution in [1.82, 2.24) is 5.32 Å². The third-order valence-corrected chi connectivity index (χ3v) is 4.02. The summed E-state index contributed by atoms with van der Waals surface area (Å²) in [6.07, 6.45) is 4.84. The Kier molecular flexibility index (Phi) is 5.23. The molecule has 0 aliphatic heterocycles. The Morgan fingerprint density at radius 2 is 2.13 bits per heavy atom. The average molecular weight is 227 g/mol. The summed E-state index contributed by atoms with van der Waals surface area (Å²) in [5, 5.41) is 3.16. The maximum atomic E-state index is 11.7. The first-order valence-electron chi connectivity index (χ1n) is 5.66. The van der Waals surface area contributed by atoms with Gasteiger partial charge >= 0.3 is 0 Å². The highest BCUT2D eigenvalue weighted by atomic mass is 32.2. The van der Waals surface area contributed by atoms with E-state index in [9.17, 15) is 4.79 Å². The molecule has 15 heavy (non-hydrogen) atoms. The lowest BCUT2D eigenvalue weighted by Crippen LogP contribution is -2.37. The van der Waals surface area contributed by atoms with Crippen molar-refractivity contribution in [2.45, 2.75) is 50.8 Å². The molecule has 0 radical (unpaired) electrons. The van der Waals surface area contributed by atoms with Crippen molar-refractivity contribution in [2.24, 2.45) is 0 Å². The van der Waals surface area contributed by atoms with Gasteiger partial charge in [0, 0.05) is 11.8 Å². The highest BCUT2D eigenvalue weighted by Crippen LogP contribution is 2.19. The van der Waals surface area contributed by atoms with Gasteiger partial charge in [-0.3, -0.25) is 4.79 Å². The fourth-order valence-electron chi connectivity index (χ4n) is 1.73. The second kappa shape index (κ2) is 6.21. The van der Waals surface area contributed by atoms with Crippen LogP contribution >= 0.6 is 11.8 Å². The molecule has 1 aliphatic carbocycles. The number of hydrogen-bond acceptors (Lipinski definition) is 2. The van der Waals surface area contributed by atoms with Crippen LogP contribution in [0.5, 0.6) is 0 Å². The van der Waals surface area contributed by atoms with Gasteiger partial charge in [0.05, 0.1) is 5.25 Å². The molecule has 86 valence electrons. The van der Waals surface area contributed by atoms with Gasteiger partial charge in [-0.15, -0.1) is 11.8 Å². The molecule has 0 heterocycles. The summed E-state index contributed by atoms with van der Waals surface area (Å²) >= 11 is 1.66. The van der Waals surface area contributed by atoms with Gasteiger partial charge in [-0.05, 0) is 26.7 Å². The first-order valence-corrected chi connectivity index (χ1v) is 6.71. The van der Waals surface area contributed by atoms with E-state index < -0.39 is 0 Å². The molecule has 2 nitrogen and oxygen atoms in total. The number of nitrogens with one attached hydrogen (secondary N) is 1. The van der Waals surface area contributed by atoms with Crippen molar-refractivity contribution in [3.8, 4) is 0 Å². The first-order chi connectivity index (χ1) is 7.09. The Labute approximate surface area is 96.9 Å². The second-order valence-electron chi connectivity index (χ2n) is 4.40. The normalized spacial score (nSPS) is 18.8.